The lowest BCUT2D eigenvalue weighted by atomic mass is 9.68. The highest BCUT2D eigenvalue weighted by Crippen LogP contribution is 2.44. The van der Waals surface area contributed by atoms with Crippen LogP contribution in [0.3, 0.4) is 0 Å². The molecule has 0 atom stereocenters. The van der Waals surface area contributed by atoms with Gasteiger partial charge in [-0.1, -0.05) is 0 Å². The van der Waals surface area contributed by atoms with Crippen molar-refractivity contribution in [3.63, 3.8) is 0 Å². The second kappa shape index (κ2) is 8.11. The molecule has 2 heterocycles. The maximum absolute atomic E-state index is 12.9. The Kier molecular flexibility index (Phi) is 6.79. The van der Waals surface area contributed by atoms with Crippen LogP contribution < -0.4 is 10.6 Å². The molecule has 3 fully saturated rings. The number of rotatable bonds is 3. The van der Waals surface area contributed by atoms with Crippen molar-refractivity contribution in [1.82, 2.24) is 10.6 Å². The van der Waals surface area contributed by atoms with Crippen LogP contribution in [0, 0.1) is 5.41 Å². The molecule has 1 spiro atoms. The lowest BCUT2D eigenvalue weighted by molar-refractivity contribution is -0.125. The Hall–Kier alpha value is -0.370. The monoisotopic (exact) mass is 394 g/mol. The molecule has 1 saturated carbocycles. The maximum Gasteiger partial charge on any atom is 0.241 e. The highest BCUT2D eigenvalue weighted by Gasteiger charge is 2.49. The van der Waals surface area contributed by atoms with Crippen LogP contribution in [0.2, 0.25) is 0 Å². The summed E-state index contributed by atoms with van der Waals surface area (Å²) >= 11 is 0. The number of amides is 1. The summed E-state index contributed by atoms with van der Waals surface area (Å²) in [7, 11) is -3.43. The van der Waals surface area contributed by atoms with Gasteiger partial charge in [-0.3, -0.25) is 4.79 Å². The standard InChI is InChI=1S/C17H30N2O4S.ClH/c1-24(21,22)17(6-10-18-11-7-17)15(20)19-14-2-4-16(5-3-14)8-12-23-13-9-16;/h14,18H,2-13H2,1H3,(H,19,20);1H. The molecule has 0 aromatic heterocycles. The first-order chi connectivity index (χ1) is 11.4. The van der Waals surface area contributed by atoms with Gasteiger partial charge < -0.3 is 15.4 Å². The van der Waals surface area contributed by atoms with E-state index < -0.39 is 14.6 Å². The number of hydrogen-bond donors (Lipinski definition) is 2. The van der Waals surface area contributed by atoms with E-state index in [0.717, 1.165) is 51.7 Å². The van der Waals surface area contributed by atoms with E-state index in [9.17, 15) is 13.2 Å². The molecule has 2 saturated heterocycles. The van der Waals surface area contributed by atoms with Gasteiger partial charge in [0.25, 0.3) is 0 Å². The average molecular weight is 395 g/mol. The van der Waals surface area contributed by atoms with Crippen LogP contribution >= 0.6 is 12.4 Å². The first kappa shape index (κ1) is 20.9. The highest BCUT2D eigenvalue weighted by molar-refractivity contribution is 7.92. The van der Waals surface area contributed by atoms with Crippen LogP contribution in [0.4, 0.5) is 0 Å². The van der Waals surface area contributed by atoms with Crippen LogP contribution in [-0.4, -0.2) is 57.7 Å². The summed E-state index contributed by atoms with van der Waals surface area (Å²) < 4.78 is 28.9. The van der Waals surface area contributed by atoms with Gasteiger partial charge in [0.15, 0.2) is 14.6 Å². The van der Waals surface area contributed by atoms with Gasteiger partial charge in [0.2, 0.25) is 5.91 Å². The number of piperidine rings is 1. The second-order valence-corrected chi connectivity index (χ2v) is 10.2. The van der Waals surface area contributed by atoms with Crippen molar-refractivity contribution >= 4 is 28.2 Å². The van der Waals surface area contributed by atoms with E-state index in [-0.39, 0.29) is 24.4 Å². The Labute approximate surface area is 157 Å². The molecule has 0 radical (unpaired) electrons. The topological polar surface area (TPSA) is 84.5 Å². The molecule has 6 nitrogen and oxygen atoms in total. The van der Waals surface area contributed by atoms with Gasteiger partial charge in [-0.25, -0.2) is 8.42 Å². The summed E-state index contributed by atoms with van der Waals surface area (Å²) in [5.74, 6) is -0.278. The van der Waals surface area contributed by atoms with E-state index >= 15 is 0 Å². The van der Waals surface area contributed by atoms with Gasteiger partial charge in [0, 0.05) is 25.5 Å². The number of hydrogen-bond acceptors (Lipinski definition) is 5. The van der Waals surface area contributed by atoms with Crippen LogP contribution in [0.1, 0.15) is 51.4 Å². The molecule has 1 amide bonds. The smallest absolute Gasteiger partial charge is 0.241 e. The van der Waals surface area contributed by atoms with Crippen LogP contribution in [0.5, 0.6) is 0 Å². The zero-order valence-corrected chi connectivity index (χ0v) is 16.6. The lowest BCUT2D eigenvalue weighted by Crippen LogP contribution is -2.59. The third-order valence-electron chi connectivity index (χ3n) is 6.47. The minimum Gasteiger partial charge on any atom is -0.381 e. The maximum atomic E-state index is 12.9. The summed E-state index contributed by atoms with van der Waals surface area (Å²) in [5.41, 5.74) is 0.392. The molecule has 1 aliphatic carbocycles. The summed E-state index contributed by atoms with van der Waals surface area (Å²) in [6, 6.07) is 0.111. The van der Waals surface area contributed by atoms with Gasteiger partial charge >= 0.3 is 0 Å². The van der Waals surface area contributed by atoms with Gasteiger partial charge in [0.1, 0.15) is 0 Å². The molecule has 3 aliphatic rings. The third-order valence-corrected chi connectivity index (χ3v) is 8.48. The van der Waals surface area contributed by atoms with Crippen LogP contribution in [-0.2, 0) is 19.4 Å². The van der Waals surface area contributed by atoms with E-state index in [0.29, 0.717) is 31.3 Å². The SMILES string of the molecule is CS(=O)(=O)C1(C(=O)NC2CCC3(CCOCC3)CC2)CCNCC1.Cl. The van der Waals surface area contributed by atoms with E-state index in [1.165, 1.54) is 6.26 Å². The number of nitrogens with one attached hydrogen (secondary N) is 2. The minimum absolute atomic E-state index is 0. The number of carbonyl (C=O) groups excluding carboxylic acids is 1. The van der Waals surface area contributed by atoms with E-state index in [1.54, 1.807) is 0 Å². The molecular formula is C17H31ClN2O4S. The molecule has 146 valence electrons. The van der Waals surface area contributed by atoms with Crippen molar-refractivity contribution in [2.45, 2.75) is 62.2 Å². The Balaban J connectivity index is 0.00000225. The summed E-state index contributed by atoms with van der Waals surface area (Å²) in [6.45, 7) is 2.85. The Bertz CT molecular complexity index is 559. The molecule has 0 bridgehead atoms. The zero-order chi connectivity index (χ0) is 17.3. The van der Waals surface area contributed by atoms with E-state index in [2.05, 4.69) is 10.6 Å². The quantitative estimate of drug-likeness (QED) is 0.756. The molecular weight excluding hydrogens is 364 g/mol. The van der Waals surface area contributed by atoms with Gasteiger partial charge in [0.05, 0.1) is 0 Å². The lowest BCUT2D eigenvalue weighted by Gasteiger charge is -2.43. The highest BCUT2D eigenvalue weighted by atomic mass is 35.5. The molecule has 2 N–H and O–H groups in total. The van der Waals surface area contributed by atoms with Crippen molar-refractivity contribution in [2.75, 3.05) is 32.6 Å². The average Bonchev–Trinajstić information content (AvgIpc) is 2.57. The van der Waals surface area contributed by atoms with E-state index in [1.807, 2.05) is 0 Å². The fourth-order valence-corrected chi connectivity index (χ4v) is 5.93. The number of carbonyl (C=O) groups is 1. The van der Waals surface area contributed by atoms with Crippen molar-refractivity contribution in [2.24, 2.45) is 5.41 Å². The molecule has 0 aromatic rings. The summed E-state index contributed by atoms with van der Waals surface area (Å²) in [5, 5.41) is 6.23. The minimum atomic E-state index is -3.43. The normalized spacial score (nSPS) is 26.6. The Morgan fingerprint density at radius 3 is 2.12 bits per heavy atom. The number of ether oxygens (including phenoxy) is 1. The number of sulfone groups is 1. The molecule has 2 aliphatic heterocycles. The van der Waals surface area contributed by atoms with Crippen molar-refractivity contribution < 1.29 is 17.9 Å². The van der Waals surface area contributed by atoms with Crippen molar-refractivity contribution in [3.05, 3.63) is 0 Å². The molecule has 8 heteroatoms. The molecule has 0 aromatic carbocycles. The van der Waals surface area contributed by atoms with Gasteiger partial charge in [-0.05, 0) is 69.9 Å². The van der Waals surface area contributed by atoms with Crippen LogP contribution in [0.15, 0.2) is 0 Å². The summed E-state index contributed by atoms with van der Waals surface area (Å²) in [4.78, 5) is 12.9. The van der Waals surface area contributed by atoms with Crippen molar-refractivity contribution in [1.29, 1.82) is 0 Å². The fourth-order valence-electron chi connectivity index (χ4n) is 4.59. The Morgan fingerprint density at radius 2 is 1.60 bits per heavy atom. The third kappa shape index (κ3) is 4.31. The van der Waals surface area contributed by atoms with Crippen LogP contribution in [0.25, 0.3) is 0 Å². The molecule has 0 unspecified atom stereocenters. The predicted molar refractivity (Wildman–Crippen MR) is 99.8 cm³/mol. The zero-order valence-electron chi connectivity index (χ0n) is 15.0. The van der Waals surface area contributed by atoms with Gasteiger partial charge in [-0.2, -0.15) is 0 Å². The predicted octanol–water partition coefficient (Wildman–Crippen LogP) is 1.43. The second-order valence-electron chi connectivity index (χ2n) is 7.88. The van der Waals surface area contributed by atoms with Gasteiger partial charge in [-0.15, -0.1) is 12.4 Å². The fraction of sp³-hybridized carbons (Fsp3) is 0.941. The molecule has 3 rings (SSSR count). The summed E-state index contributed by atoms with van der Waals surface area (Å²) in [6.07, 6.45) is 8.28. The molecule has 25 heavy (non-hydrogen) atoms. The van der Waals surface area contributed by atoms with E-state index in [4.69, 9.17) is 4.74 Å². The first-order valence-corrected chi connectivity index (χ1v) is 11.1. The van der Waals surface area contributed by atoms with Crippen molar-refractivity contribution in [3.8, 4) is 0 Å². The largest absolute Gasteiger partial charge is 0.381 e. The Morgan fingerprint density at radius 1 is 1.04 bits per heavy atom. The number of halogens is 1. The first-order valence-electron chi connectivity index (χ1n) is 9.16.